The number of nitrogens with zero attached hydrogens (tertiary/aromatic N) is 4. The molecule has 0 fully saturated rings. The quantitative estimate of drug-likeness (QED) is 0.427. The Kier molecular flexibility index (Phi) is 6.58. The van der Waals surface area contributed by atoms with Crippen molar-refractivity contribution in [2.45, 2.75) is 20.0 Å². The van der Waals surface area contributed by atoms with E-state index in [0.717, 1.165) is 16.9 Å². The minimum Gasteiger partial charge on any atom is -0.497 e. The van der Waals surface area contributed by atoms with Crippen LogP contribution in [0.3, 0.4) is 0 Å². The monoisotopic (exact) mass is 446 g/mol. The van der Waals surface area contributed by atoms with Crippen LogP contribution in [0.25, 0.3) is 0 Å². The molecule has 0 saturated heterocycles. The standard InChI is InChI=1S/C24H23FN6O2/c1-16-10-17(12-21(11-16)33-2)14-31-15-20(29-30-31)13-27-24(32)22-4-3-9-26-23(22)28-19-7-5-18(25)6-8-19/h3-12,15H,13-14H2,1-2H3,(H,26,28)(H,27,32). The zero-order valence-corrected chi connectivity index (χ0v) is 18.2. The molecule has 0 unspecified atom stereocenters. The second-order valence-corrected chi connectivity index (χ2v) is 7.48. The fourth-order valence-corrected chi connectivity index (χ4v) is 3.34. The van der Waals surface area contributed by atoms with Crippen molar-refractivity contribution < 1.29 is 13.9 Å². The first kappa shape index (κ1) is 21.9. The van der Waals surface area contributed by atoms with Crippen LogP contribution >= 0.6 is 0 Å². The zero-order chi connectivity index (χ0) is 23.2. The second kappa shape index (κ2) is 9.90. The average Bonchev–Trinajstić information content (AvgIpc) is 3.26. The van der Waals surface area contributed by atoms with Crippen LogP contribution in [-0.2, 0) is 13.1 Å². The van der Waals surface area contributed by atoms with Crippen molar-refractivity contribution in [3.8, 4) is 5.75 Å². The van der Waals surface area contributed by atoms with Crippen LogP contribution in [0.1, 0.15) is 27.2 Å². The SMILES string of the molecule is COc1cc(C)cc(Cn2cc(CNC(=O)c3cccnc3Nc3ccc(F)cc3)nn2)c1. The van der Waals surface area contributed by atoms with E-state index >= 15 is 0 Å². The summed E-state index contributed by atoms with van der Waals surface area (Å²) in [7, 11) is 1.64. The van der Waals surface area contributed by atoms with Gasteiger partial charge < -0.3 is 15.4 Å². The van der Waals surface area contributed by atoms with Gasteiger partial charge in [0, 0.05) is 11.9 Å². The number of rotatable bonds is 8. The lowest BCUT2D eigenvalue weighted by Gasteiger charge is -2.10. The third-order valence-corrected chi connectivity index (χ3v) is 4.87. The summed E-state index contributed by atoms with van der Waals surface area (Å²) >= 11 is 0. The number of pyridine rings is 1. The number of carbonyl (C=O) groups is 1. The van der Waals surface area contributed by atoms with Crippen LogP contribution < -0.4 is 15.4 Å². The first-order chi connectivity index (χ1) is 16.0. The number of carbonyl (C=O) groups excluding carboxylic acids is 1. The molecule has 0 saturated carbocycles. The maximum absolute atomic E-state index is 13.1. The Morgan fingerprint density at radius 2 is 1.97 bits per heavy atom. The number of amides is 1. The van der Waals surface area contributed by atoms with Crippen LogP contribution in [0.15, 0.2) is 67.0 Å². The van der Waals surface area contributed by atoms with Gasteiger partial charge in [-0.3, -0.25) is 4.79 Å². The van der Waals surface area contributed by atoms with E-state index in [9.17, 15) is 9.18 Å². The molecule has 4 aromatic rings. The van der Waals surface area contributed by atoms with E-state index in [1.807, 2.05) is 19.1 Å². The van der Waals surface area contributed by atoms with Gasteiger partial charge in [0.25, 0.3) is 5.91 Å². The molecule has 33 heavy (non-hydrogen) atoms. The maximum Gasteiger partial charge on any atom is 0.255 e. The normalized spacial score (nSPS) is 10.6. The predicted octanol–water partition coefficient (Wildman–Crippen LogP) is 3.85. The summed E-state index contributed by atoms with van der Waals surface area (Å²) in [6.45, 7) is 2.75. The molecule has 0 spiro atoms. The molecule has 2 aromatic heterocycles. The molecule has 9 heteroatoms. The fraction of sp³-hybridized carbons (Fsp3) is 0.167. The van der Waals surface area contributed by atoms with Gasteiger partial charge in [-0.1, -0.05) is 11.3 Å². The Hall–Kier alpha value is -4.27. The van der Waals surface area contributed by atoms with Crippen molar-refractivity contribution >= 4 is 17.4 Å². The summed E-state index contributed by atoms with van der Waals surface area (Å²) in [5, 5.41) is 14.2. The third-order valence-electron chi connectivity index (χ3n) is 4.87. The van der Waals surface area contributed by atoms with Gasteiger partial charge in [0.2, 0.25) is 0 Å². The van der Waals surface area contributed by atoms with E-state index in [-0.39, 0.29) is 18.3 Å². The topological polar surface area (TPSA) is 94.0 Å². The van der Waals surface area contributed by atoms with Crippen LogP contribution in [0.4, 0.5) is 15.9 Å². The highest BCUT2D eigenvalue weighted by Crippen LogP contribution is 2.19. The molecular weight excluding hydrogens is 423 g/mol. The number of ether oxygens (including phenoxy) is 1. The van der Waals surface area contributed by atoms with Gasteiger partial charge in [0.1, 0.15) is 23.1 Å². The minimum absolute atomic E-state index is 0.209. The van der Waals surface area contributed by atoms with Gasteiger partial charge in [0.15, 0.2) is 0 Å². The van der Waals surface area contributed by atoms with Gasteiger partial charge >= 0.3 is 0 Å². The van der Waals surface area contributed by atoms with Crippen molar-refractivity contribution in [3.63, 3.8) is 0 Å². The molecule has 0 atom stereocenters. The zero-order valence-electron chi connectivity index (χ0n) is 18.2. The number of hydrogen-bond acceptors (Lipinski definition) is 6. The summed E-state index contributed by atoms with van der Waals surface area (Å²) in [6.07, 6.45) is 3.37. The average molecular weight is 446 g/mol. The predicted molar refractivity (Wildman–Crippen MR) is 122 cm³/mol. The molecule has 168 valence electrons. The highest BCUT2D eigenvalue weighted by Gasteiger charge is 2.13. The van der Waals surface area contributed by atoms with E-state index in [1.54, 1.807) is 48.5 Å². The Balaban J connectivity index is 1.39. The van der Waals surface area contributed by atoms with Gasteiger partial charge in [0.05, 0.1) is 32.0 Å². The fourth-order valence-electron chi connectivity index (χ4n) is 3.34. The van der Waals surface area contributed by atoms with Crippen molar-refractivity contribution in [2.75, 3.05) is 12.4 Å². The van der Waals surface area contributed by atoms with Crippen LogP contribution in [0.5, 0.6) is 5.75 Å². The summed E-state index contributed by atoms with van der Waals surface area (Å²) in [5.41, 5.74) is 3.75. The van der Waals surface area contributed by atoms with E-state index in [1.165, 1.54) is 12.1 Å². The molecule has 2 aromatic carbocycles. The van der Waals surface area contributed by atoms with Crippen LogP contribution in [0.2, 0.25) is 0 Å². The highest BCUT2D eigenvalue weighted by atomic mass is 19.1. The summed E-state index contributed by atoms with van der Waals surface area (Å²) in [6, 6.07) is 15.1. The van der Waals surface area contributed by atoms with E-state index < -0.39 is 0 Å². The Labute approximate surface area is 190 Å². The smallest absolute Gasteiger partial charge is 0.255 e. The van der Waals surface area contributed by atoms with Gasteiger partial charge in [-0.15, -0.1) is 5.10 Å². The van der Waals surface area contributed by atoms with Gasteiger partial charge in [-0.2, -0.15) is 0 Å². The number of anilines is 2. The van der Waals surface area contributed by atoms with Crippen LogP contribution in [0, 0.1) is 12.7 Å². The van der Waals surface area contributed by atoms with Gasteiger partial charge in [-0.05, 0) is 66.6 Å². The number of nitrogens with one attached hydrogen (secondary N) is 2. The van der Waals surface area contributed by atoms with Crippen molar-refractivity contribution in [1.29, 1.82) is 0 Å². The van der Waals surface area contributed by atoms with E-state index in [2.05, 4.69) is 32.0 Å². The molecule has 0 aliphatic rings. The largest absolute Gasteiger partial charge is 0.497 e. The molecule has 8 nitrogen and oxygen atoms in total. The second-order valence-electron chi connectivity index (χ2n) is 7.48. The summed E-state index contributed by atoms with van der Waals surface area (Å²) < 4.78 is 20.2. The summed E-state index contributed by atoms with van der Waals surface area (Å²) in [4.78, 5) is 17.0. The van der Waals surface area contributed by atoms with Crippen molar-refractivity contribution in [2.24, 2.45) is 0 Å². The lowest BCUT2D eigenvalue weighted by Crippen LogP contribution is -2.24. The molecule has 2 N–H and O–H groups in total. The number of benzene rings is 2. The van der Waals surface area contributed by atoms with Gasteiger partial charge in [-0.25, -0.2) is 14.1 Å². The number of aromatic nitrogens is 4. The molecule has 0 bridgehead atoms. The number of aryl methyl sites for hydroxylation is 1. The molecule has 1 amide bonds. The molecule has 0 radical (unpaired) electrons. The molecule has 2 heterocycles. The number of halogens is 1. The highest BCUT2D eigenvalue weighted by molar-refractivity contribution is 5.99. The first-order valence-corrected chi connectivity index (χ1v) is 10.3. The lowest BCUT2D eigenvalue weighted by atomic mass is 10.1. The Morgan fingerprint density at radius 3 is 2.76 bits per heavy atom. The number of hydrogen-bond donors (Lipinski definition) is 2. The maximum atomic E-state index is 13.1. The van der Waals surface area contributed by atoms with Crippen molar-refractivity contribution in [3.05, 3.63) is 95.2 Å². The Morgan fingerprint density at radius 1 is 1.15 bits per heavy atom. The minimum atomic E-state index is -0.339. The number of methoxy groups -OCH3 is 1. The molecule has 4 rings (SSSR count). The summed E-state index contributed by atoms with van der Waals surface area (Å²) in [5.74, 6) is 0.512. The van der Waals surface area contributed by atoms with Crippen LogP contribution in [-0.4, -0.2) is 33.0 Å². The molecular formula is C24H23FN6O2. The molecule has 0 aliphatic carbocycles. The first-order valence-electron chi connectivity index (χ1n) is 10.3. The van der Waals surface area contributed by atoms with E-state index in [4.69, 9.17) is 4.74 Å². The van der Waals surface area contributed by atoms with E-state index in [0.29, 0.717) is 29.3 Å². The Bertz CT molecular complexity index is 1260. The third kappa shape index (κ3) is 5.70. The lowest BCUT2D eigenvalue weighted by molar-refractivity contribution is 0.0951. The molecule has 0 aliphatic heterocycles. The van der Waals surface area contributed by atoms with Crippen molar-refractivity contribution in [1.82, 2.24) is 25.3 Å².